The van der Waals surface area contributed by atoms with E-state index < -0.39 is 11.7 Å². The maximum Gasteiger partial charge on any atom is 0.417 e. The summed E-state index contributed by atoms with van der Waals surface area (Å²) in [5.74, 6) is 0. The molecule has 0 saturated heterocycles. The number of nitrogens with zero attached hydrogens (tertiary/aromatic N) is 1. The molecule has 0 aliphatic carbocycles. The molecule has 2 N–H and O–H groups in total. The Morgan fingerprint density at radius 3 is 2.79 bits per heavy atom. The zero-order valence-corrected chi connectivity index (χ0v) is 10.4. The summed E-state index contributed by atoms with van der Waals surface area (Å²) in [5.41, 5.74) is 6.81. The van der Waals surface area contributed by atoms with E-state index in [2.05, 4.69) is 0 Å². The number of halogens is 3. The van der Waals surface area contributed by atoms with Gasteiger partial charge in [0.1, 0.15) is 0 Å². The zero-order chi connectivity index (χ0) is 13.6. The molecule has 0 bridgehead atoms. The fourth-order valence-electron chi connectivity index (χ4n) is 3.05. The third kappa shape index (κ3) is 1.92. The lowest BCUT2D eigenvalue weighted by molar-refractivity contribution is -0.136. The quantitative estimate of drug-likeness (QED) is 0.843. The minimum Gasteiger partial charge on any atom is -0.340 e. The van der Waals surface area contributed by atoms with Crippen LogP contribution in [0.1, 0.15) is 30.1 Å². The Balaban J connectivity index is 2.28. The molecule has 1 aliphatic heterocycles. The molecule has 0 spiro atoms. The third-order valence-corrected chi connectivity index (χ3v) is 3.88. The van der Waals surface area contributed by atoms with Crippen molar-refractivity contribution < 1.29 is 13.2 Å². The second-order valence-corrected chi connectivity index (χ2v) is 5.02. The zero-order valence-electron chi connectivity index (χ0n) is 10.4. The van der Waals surface area contributed by atoms with Gasteiger partial charge >= 0.3 is 6.18 Å². The van der Waals surface area contributed by atoms with Gasteiger partial charge in [-0.05, 0) is 37.5 Å². The van der Waals surface area contributed by atoms with E-state index in [9.17, 15) is 13.2 Å². The van der Waals surface area contributed by atoms with Crippen molar-refractivity contribution in [1.82, 2.24) is 4.57 Å². The highest BCUT2D eigenvalue weighted by molar-refractivity contribution is 5.85. The summed E-state index contributed by atoms with van der Waals surface area (Å²) in [6.07, 6.45) is -1.57. The highest BCUT2D eigenvalue weighted by atomic mass is 19.4. The van der Waals surface area contributed by atoms with Crippen molar-refractivity contribution in [3.05, 3.63) is 35.5 Å². The lowest BCUT2D eigenvalue weighted by Gasteiger charge is -2.26. The Morgan fingerprint density at radius 2 is 2.11 bits per heavy atom. The first-order chi connectivity index (χ1) is 9.02. The van der Waals surface area contributed by atoms with Crippen LogP contribution >= 0.6 is 0 Å². The molecule has 0 saturated carbocycles. The fourth-order valence-corrected chi connectivity index (χ4v) is 3.05. The minimum absolute atomic E-state index is 0.115. The van der Waals surface area contributed by atoms with Crippen molar-refractivity contribution in [2.75, 3.05) is 6.54 Å². The molecule has 3 rings (SSSR count). The first-order valence-corrected chi connectivity index (χ1v) is 6.42. The van der Waals surface area contributed by atoms with E-state index in [1.165, 1.54) is 6.07 Å². The number of rotatable bonds is 1. The lowest BCUT2D eigenvalue weighted by atomic mass is 10.0. The third-order valence-electron chi connectivity index (χ3n) is 3.88. The average molecular weight is 268 g/mol. The Hall–Kier alpha value is -1.49. The number of alkyl halides is 3. The first-order valence-electron chi connectivity index (χ1n) is 6.42. The SMILES string of the molecule is NCC1CCCc2cc3c(C(F)(F)F)cccc3n21. The van der Waals surface area contributed by atoms with Crippen molar-refractivity contribution >= 4 is 10.9 Å². The molecular formula is C14H15F3N2. The Morgan fingerprint density at radius 1 is 1.32 bits per heavy atom. The summed E-state index contributed by atoms with van der Waals surface area (Å²) in [7, 11) is 0. The van der Waals surface area contributed by atoms with Gasteiger partial charge in [0.25, 0.3) is 0 Å². The second kappa shape index (κ2) is 4.27. The van der Waals surface area contributed by atoms with Gasteiger partial charge in [-0.3, -0.25) is 0 Å². The van der Waals surface area contributed by atoms with Crippen LogP contribution in [0.25, 0.3) is 10.9 Å². The van der Waals surface area contributed by atoms with Gasteiger partial charge in [-0.15, -0.1) is 0 Å². The largest absolute Gasteiger partial charge is 0.417 e. The molecule has 2 nitrogen and oxygen atoms in total. The van der Waals surface area contributed by atoms with Gasteiger partial charge in [-0.25, -0.2) is 0 Å². The van der Waals surface area contributed by atoms with Crippen molar-refractivity contribution in [1.29, 1.82) is 0 Å². The van der Waals surface area contributed by atoms with Crippen molar-refractivity contribution in [2.45, 2.75) is 31.5 Å². The van der Waals surface area contributed by atoms with E-state index in [-0.39, 0.29) is 6.04 Å². The Kier molecular flexibility index (Phi) is 2.82. The van der Waals surface area contributed by atoms with Crippen LogP contribution in [0.4, 0.5) is 13.2 Å². The predicted octanol–water partition coefficient (Wildman–Crippen LogP) is 3.50. The van der Waals surface area contributed by atoms with Gasteiger partial charge in [0.05, 0.1) is 5.56 Å². The smallest absolute Gasteiger partial charge is 0.340 e. The Bertz CT molecular complexity index is 613. The number of fused-ring (bicyclic) bond motifs is 3. The van der Waals surface area contributed by atoms with Crippen LogP contribution < -0.4 is 5.73 Å². The van der Waals surface area contributed by atoms with Crippen molar-refractivity contribution in [3.8, 4) is 0 Å². The molecule has 102 valence electrons. The predicted molar refractivity (Wildman–Crippen MR) is 68.0 cm³/mol. The summed E-state index contributed by atoms with van der Waals surface area (Å²) in [6, 6.07) is 6.17. The van der Waals surface area contributed by atoms with Gasteiger partial charge in [0.15, 0.2) is 0 Å². The standard InChI is InChI=1S/C14H15F3N2/c15-14(16,17)12-5-2-6-13-11(12)7-9-3-1-4-10(8-18)19(9)13/h2,5-7,10H,1,3-4,8,18H2. The van der Waals surface area contributed by atoms with Gasteiger partial charge in [0, 0.05) is 29.2 Å². The minimum atomic E-state index is -4.31. The van der Waals surface area contributed by atoms with Gasteiger partial charge in [-0.2, -0.15) is 13.2 Å². The van der Waals surface area contributed by atoms with Gasteiger partial charge in [-0.1, -0.05) is 6.07 Å². The summed E-state index contributed by atoms with van der Waals surface area (Å²) < 4.78 is 41.1. The number of hydrogen-bond donors (Lipinski definition) is 1. The summed E-state index contributed by atoms with van der Waals surface area (Å²) in [4.78, 5) is 0. The summed E-state index contributed by atoms with van der Waals surface area (Å²) in [6.45, 7) is 0.465. The molecular weight excluding hydrogens is 253 g/mol. The van der Waals surface area contributed by atoms with Crippen LogP contribution in [0.5, 0.6) is 0 Å². The maximum absolute atomic E-state index is 13.0. The van der Waals surface area contributed by atoms with E-state index in [1.54, 1.807) is 12.1 Å². The van der Waals surface area contributed by atoms with E-state index in [0.29, 0.717) is 17.4 Å². The van der Waals surface area contributed by atoms with Crippen LogP contribution in [0.15, 0.2) is 24.3 Å². The summed E-state index contributed by atoms with van der Waals surface area (Å²) >= 11 is 0. The normalized spacial score (nSPS) is 19.7. The molecule has 2 aromatic rings. The number of aryl methyl sites for hydroxylation is 1. The monoisotopic (exact) mass is 268 g/mol. The number of nitrogens with two attached hydrogens (primary N) is 1. The van der Waals surface area contributed by atoms with Crippen molar-refractivity contribution in [2.24, 2.45) is 5.73 Å². The molecule has 2 heterocycles. The highest BCUT2D eigenvalue weighted by Crippen LogP contribution is 2.39. The summed E-state index contributed by atoms with van der Waals surface area (Å²) in [5, 5.41) is 0.297. The fraction of sp³-hybridized carbons (Fsp3) is 0.429. The van der Waals surface area contributed by atoms with Crippen LogP contribution in [0, 0.1) is 0 Å². The average Bonchev–Trinajstić information content (AvgIpc) is 2.75. The first kappa shape index (κ1) is 12.5. The second-order valence-electron chi connectivity index (χ2n) is 5.02. The molecule has 5 heteroatoms. The topological polar surface area (TPSA) is 30.9 Å². The van der Waals surface area contributed by atoms with E-state index in [4.69, 9.17) is 5.73 Å². The van der Waals surface area contributed by atoms with Gasteiger partial charge < -0.3 is 10.3 Å². The van der Waals surface area contributed by atoms with E-state index in [0.717, 1.165) is 31.0 Å². The van der Waals surface area contributed by atoms with Gasteiger partial charge in [0.2, 0.25) is 0 Å². The highest BCUT2D eigenvalue weighted by Gasteiger charge is 2.34. The van der Waals surface area contributed by atoms with Crippen LogP contribution in [0.3, 0.4) is 0 Å². The molecule has 19 heavy (non-hydrogen) atoms. The number of benzene rings is 1. The van der Waals surface area contributed by atoms with Crippen LogP contribution in [0.2, 0.25) is 0 Å². The molecule has 1 aromatic heterocycles. The molecule has 1 aliphatic rings. The van der Waals surface area contributed by atoms with Crippen LogP contribution in [-0.4, -0.2) is 11.1 Å². The van der Waals surface area contributed by atoms with E-state index >= 15 is 0 Å². The molecule has 0 amide bonds. The molecule has 1 atom stereocenters. The number of hydrogen-bond acceptors (Lipinski definition) is 1. The molecule has 0 radical (unpaired) electrons. The Labute approximate surface area is 109 Å². The van der Waals surface area contributed by atoms with Crippen molar-refractivity contribution in [3.63, 3.8) is 0 Å². The van der Waals surface area contributed by atoms with Crippen LogP contribution in [-0.2, 0) is 12.6 Å². The van der Waals surface area contributed by atoms with E-state index in [1.807, 2.05) is 4.57 Å². The maximum atomic E-state index is 13.0. The molecule has 1 unspecified atom stereocenters. The number of aromatic nitrogens is 1. The molecule has 1 aromatic carbocycles. The molecule has 0 fully saturated rings. The lowest BCUT2D eigenvalue weighted by Crippen LogP contribution is -2.24.